The fourth-order valence-electron chi connectivity index (χ4n) is 3.33. The van der Waals surface area contributed by atoms with Crippen LogP contribution >= 0.6 is 0 Å². The lowest BCUT2D eigenvalue weighted by Gasteiger charge is -2.36. The van der Waals surface area contributed by atoms with E-state index in [0.717, 1.165) is 37.0 Å². The number of likely N-dealkylation sites (N-methyl/N-ethyl adjacent to an activating group) is 1. The van der Waals surface area contributed by atoms with Gasteiger partial charge in [0.1, 0.15) is 0 Å². The number of aryl methyl sites for hydroxylation is 1. The van der Waals surface area contributed by atoms with Gasteiger partial charge in [0.2, 0.25) is 0 Å². The molecule has 0 aliphatic carbocycles. The predicted octanol–water partition coefficient (Wildman–Crippen LogP) is 1.89. The van der Waals surface area contributed by atoms with Gasteiger partial charge in [0, 0.05) is 45.0 Å². The highest BCUT2D eigenvalue weighted by Crippen LogP contribution is 2.21. The van der Waals surface area contributed by atoms with E-state index in [4.69, 9.17) is 4.74 Å². The lowest BCUT2D eigenvalue weighted by Crippen LogP contribution is -2.48. The van der Waals surface area contributed by atoms with E-state index in [1.807, 2.05) is 13.8 Å². The maximum absolute atomic E-state index is 12.9. The van der Waals surface area contributed by atoms with Crippen molar-refractivity contribution in [1.29, 1.82) is 0 Å². The average Bonchev–Trinajstić information content (AvgIpc) is 2.52. The number of benzene rings is 1. The van der Waals surface area contributed by atoms with Crippen molar-refractivity contribution in [2.24, 2.45) is 0 Å². The van der Waals surface area contributed by atoms with Gasteiger partial charge >= 0.3 is 0 Å². The third-order valence-corrected chi connectivity index (χ3v) is 5.99. The highest BCUT2D eigenvalue weighted by molar-refractivity contribution is 7.90. The number of nitrogens with zero attached hydrogens (tertiary/aromatic N) is 2. The minimum Gasteiger partial charge on any atom is -0.373 e. The topological polar surface area (TPSA) is 66.9 Å². The number of hydrogen-bond donors (Lipinski definition) is 0. The van der Waals surface area contributed by atoms with Gasteiger partial charge in [-0.25, -0.2) is 8.42 Å². The molecule has 1 aromatic carbocycles. The van der Waals surface area contributed by atoms with Crippen LogP contribution in [0.3, 0.4) is 0 Å². The average molecular weight is 383 g/mol. The van der Waals surface area contributed by atoms with Crippen LogP contribution in [0, 0.1) is 13.8 Å². The first-order valence-corrected chi connectivity index (χ1v) is 10.8. The molecule has 0 bridgehead atoms. The first-order chi connectivity index (χ1) is 12.0. The highest BCUT2D eigenvalue weighted by atomic mass is 32.2. The number of ether oxygens (including phenoxy) is 1. The normalized spacial score (nSPS) is 21.6. The molecule has 26 heavy (non-hydrogen) atoms. The summed E-state index contributed by atoms with van der Waals surface area (Å²) in [5, 5.41) is 0. The third kappa shape index (κ3) is 5.05. The van der Waals surface area contributed by atoms with Crippen molar-refractivity contribution in [3.8, 4) is 0 Å². The molecule has 0 spiro atoms. The fourth-order valence-corrected chi connectivity index (χ4v) is 4.05. The summed E-state index contributed by atoms with van der Waals surface area (Å²) in [6.45, 7) is 10.9. The van der Waals surface area contributed by atoms with Gasteiger partial charge in [-0.05, 0) is 51.0 Å². The van der Waals surface area contributed by atoms with E-state index in [0.29, 0.717) is 12.1 Å². The summed E-state index contributed by atoms with van der Waals surface area (Å²) in [6.07, 6.45) is 1.54. The fraction of sp³-hybridized carbons (Fsp3) is 0.632. The molecular formula is C19H30N2O4S. The molecule has 1 fully saturated rings. The third-order valence-electron chi connectivity index (χ3n) is 4.89. The zero-order valence-electron chi connectivity index (χ0n) is 16.6. The van der Waals surface area contributed by atoms with Crippen LogP contribution < -0.4 is 0 Å². The van der Waals surface area contributed by atoms with Crippen LogP contribution in [-0.4, -0.2) is 75.8 Å². The van der Waals surface area contributed by atoms with Gasteiger partial charge in [-0.1, -0.05) is 0 Å². The maximum Gasteiger partial charge on any atom is 0.253 e. The number of rotatable bonds is 5. The molecule has 1 heterocycles. The lowest BCUT2D eigenvalue weighted by molar-refractivity contribution is -0.0685. The van der Waals surface area contributed by atoms with Crippen LogP contribution in [0.5, 0.6) is 0 Å². The van der Waals surface area contributed by atoms with Gasteiger partial charge in [0.25, 0.3) is 5.91 Å². The Morgan fingerprint density at radius 2 is 1.81 bits per heavy atom. The molecule has 2 atom stereocenters. The highest BCUT2D eigenvalue weighted by Gasteiger charge is 2.24. The Bertz CT molecular complexity index is 766. The van der Waals surface area contributed by atoms with Crippen LogP contribution in [0.1, 0.15) is 35.3 Å². The van der Waals surface area contributed by atoms with Crippen molar-refractivity contribution in [2.75, 3.05) is 39.5 Å². The number of hydrogen-bond acceptors (Lipinski definition) is 5. The van der Waals surface area contributed by atoms with Crippen LogP contribution in [0.2, 0.25) is 0 Å². The number of morpholine rings is 1. The molecule has 7 heteroatoms. The zero-order valence-corrected chi connectivity index (χ0v) is 17.4. The molecule has 2 rings (SSSR count). The van der Waals surface area contributed by atoms with Crippen LogP contribution in [0.25, 0.3) is 0 Å². The summed E-state index contributed by atoms with van der Waals surface area (Å²) in [6, 6.07) is 3.12. The molecule has 6 nitrogen and oxygen atoms in total. The smallest absolute Gasteiger partial charge is 0.253 e. The zero-order chi connectivity index (χ0) is 19.6. The Balaban J connectivity index is 2.12. The minimum absolute atomic E-state index is 0.148. The summed E-state index contributed by atoms with van der Waals surface area (Å²) in [5.74, 6) is -0.148. The summed E-state index contributed by atoms with van der Waals surface area (Å²) < 4.78 is 29.5. The Morgan fingerprint density at radius 1 is 1.23 bits per heavy atom. The second kappa shape index (κ2) is 8.06. The first kappa shape index (κ1) is 20.9. The van der Waals surface area contributed by atoms with E-state index in [2.05, 4.69) is 18.7 Å². The van der Waals surface area contributed by atoms with Crippen molar-refractivity contribution >= 4 is 15.7 Å². The quantitative estimate of drug-likeness (QED) is 0.778. The second-order valence-electron chi connectivity index (χ2n) is 7.43. The number of sulfone groups is 1. The summed E-state index contributed by atoms with van der Waals surface area (Å²) >= 11 is 0. The molecule has 146 valence electrons. The Kier molecular flexibility index (Phi) is 6.47. The standard InChI is InChI=1S/C19H30N2O4S/c1-13-9-17(26(6,23)24)10-18(16(13)4)19(22)20(5)7-8-21-11-14(2)25-15(3)12-21/h9-10,14-15H,7-8,11-12H2,1-6H3/t14-,15+. The van der Waals surface area contributed by atoms with Crippen LogP contribution in [0.4, 0.5) is 0 Å². The lowest BCUT2D eigenvalue weighted by atomic mass is 10.0. The molecule has 0 saturated carbocycles. The number of carbonyl (C=O) groups is 1. The predicted molar refractivity (Wildman–Crippen MR) is 102 cm³/mol. The van der Waals surface area contributed by atoms with Crippen molar-refractivity contribution in [3.63, 3.8) is 0 Å². The van der Waals surface area contributed by atoms with E-state index in [1.54, 1.807) is 18.0 Å². The first-order valence-electron chi connectivity index (χ1n) is 8.93. The molecule has 0 aromatic heterocycles. The van der Waals surface area contributed by atoms with Crippen molar-refractivity contribution < 1.29 is 17.9 Å². The minimum atomic E-state index is -3.36. The molecule has 0 radical (unpaired) electrons. The molecule has 1 saturated heterocycles. The Labute approximate surface area is 157 Å². The molecule has 1 amide bonds. The van der Waals surface area contributed by atoms with E-state index in [1.165, 1.54) is 6.07 Å². The van der Waals surface area contributed by atoms with Crippen molar-refractivity contribution in [2.45, 2.75) is 44.8 Å². The van der Waals surface area contributed by atoms with Crippen molar-refractivity contribution in [1.82, 2.24) is 9.80 Å². The van der Waals surface area contributed by atoms with Gasteiger partial charge < -0.3 is 9.64 Å². The van der Waals surface area contributed by atoms with Crippen LogP contribution in [-0.2, 0) is 14.6 Å². The van der Waals surface area contributed by atoms with E-state index in [-0.39, 0.29) is 23.0 Å². The van der Waals surface area contributed by atoms with E-state index in [9.17, 15) is 13.2 Å². The largest absolute Gasteiger partial charge is 0.373 e. The summed E-state index contributed by atoms with van der Waals surface area (Å²) in [7, 11) is -1.60. The van der Waals surface area contributed by atoms with E-state index >= 15 is 0 Å². The Morgan fingerprint density at radius 3 is 2.35 bits per heavy atom. The molecular weight excluding hydrogens is 352 g/mol. The second-order valence-corrected chi connectivity index (χ2v) is 9.44. The number of carbonyl (C=O) groups excluding carboxylic acids is 1. The van der Waals surface area contributed by atoms with Gasteiger partial charge in [0.05, 0.1) is 17.1 Å². The molecule has 1 aliphatic rings. The Hall–Kier alpha value is -1.44. The monoisotopic (exact) mass is 382 g/mol. The summed E-state index contributed by atoms with van der Waals surface area (Å²) in [5.41, 5.74) is 2.08. The number of amides is 1. The van der Waals surface area contributed by atoms with E-state index < -0.39 is 9.84 Å². The SMILES string of the molecule is Cc1cc(S(C)(=O)=O)cc(C(=O)N(C)CCN2C[C@@H](C)O[C@@H](C)C2)c1C. The van der Waals surface area contributed by atoms with Crippen molar-refractivity contribution in [3.05, 3.63) is 28.8 Å². The van der Waals surface area contributed by atoms with Gasteiger partial charge in [-0.15, -0.1) is 0 Å². The maximum atomic E-state index is 12.9. The van der Waals surface area contributed by atoms with Gasteiger partial charge in [0.15, 0.2) is 9.84 Å². The van der Waals surface area contributed by atoms with Gasteiger partial charge in [-0.2, -0.15) is 0 Å². The molecule has 1 aromatic rings. The molecule has 0 N–H and O–H groups in total. The van der Waals surface area contributed by atoms with Gasteiger partial charge in [-0.3, -0.25) is 9.69 Å². The van der Waals surface area contributed by atoms with Crippen LogP contribution in [0.15, 0.2) is 17.0 Å². The molecule has 0 unspecified atom stereocenters. The summed E-state index contributed by atoms with van der Waals surface area (Å²) in [4.78, 5) is 17.0. The molecule has 1 aliphatic heterocycles.